The molecule has 0 aromatic heterocycles. The summed E-state index contributed by atoms with van der Waals surface area (Å²) in [5.41, 5.74) is -1.20. The molecule has 2 rings (SSSR count). The molecule has 8 heteroatoms. The van der Waals surface area contributed by atoms with Gasteiger partial charge in [0.25, 0.3) is 0 Å². The first-order valence-electron chi connectivity index (χ1n) is 5.71. The molecule has 0 bridgehead atoms. The summed E-state index contributed by atoms with van der Waals surface area (Å²) in [7, 11) is 0. The second-order valence-corrected chi connectivity index (χ2v) is 4.08. The minimum Gasteiger partial charge on any atom is -0.378 e. The fourth-order valence-corrected chi connectivity index (χ4v) is 1.70. The zero-order valence-corrected chi connectivity index (χ0v) is 10.4. The van der Waals surface area contributed by atoms with Crippen LogP contribution in [0.4, 0.5) is 28.9 Å². The number of nitro benzene ring substituents is 1. The Bertz CT molecular complexity index is 707. The Morgan fingerprint density at radius 2 is 1.71 bits per heavy atom. The largest absolute Gasteiger partial charge is 0.378 e. The average Bonchev–Trinajstić information content (AvgIpc) is 2.45. The maximum Gasteiger partial charge on any atom is 0.305 e. The topological polar surface area (TPSA) is 55.2 Å². The van der Waals surface area contributed by atoms with E-state index in [1.54, 1.807) is 0 Å². The molecular formula is C13H8F4N2O2. The van der Waals surface area contributed by atoms with Gasteiger partial charge in [0, 0.05) is 18.2 Å². The highest BCUT2D eigenvalue weighted by molar-refractivity contribution is 5.47. The summed E-state index contributed by atoms with van der Waals surface area (Å²) >= 11 is 0. The quantitative estimate of drug-likeness (QED) is 0.405. The van der Waals surface area contributed by atoms with Crippen LogP contribution >= 0.6 is 0 Å². The Morgan fingerprint density at radius 1 is 1.00 bits per heavy atom. The molecule has 1 N–H and O–H groups in total. The van der Waals surface area contributed by atoms with Gasteiger partial charge in [-0.2, -0.15) is 4.39 Å². The van der Waals surface area contributed by atoms with Crippen LogP contribution in [0.15, 0.2) is 30.3 Å². The Kier molecular flexibility index (Phi) is 4.06. The van der Waals surface area contributed by atoms with Crippen molar-refractivity contribution in [1.82, 2.24) is 0 Å². The molecule has 0 heterocycles. The molecule has 0 aliphatic heterocycles. The van der Waals surface area contributed by atoms with Crippen molar-refractivity contribution in [1.29, 1.82) is 0 Å². The summed E-state index contributed by atoms with van der Waals surface area (Å²) < 4.78 is 52.9. The normalized spacial score (nSPS) is 10.5. The fraction of sp³-hybridized carbons (Fsp3) is 0.0769. The van der Waals surface area contributed by atoms with E-state index in [1.807, 2.05) is 0 Å². The van der Waals surface area contributed by atoms with E-state index in [0.29, 0.717) is 6.07 Å². The predicted molar refractivity (Wildman–Crippen MR) is 66.7 cm³/mol. The van der Waals surface area contributed by atoms with Gasteiger partial charge in [-0.05, 0) is 12.1 Å². The van der Waals surface area contributed by atoms with E-state index in [2.05, 4.69) is 5.32 Å². The van der Waals surface area contributed by atoms with Crippen molar-refractivity contribution >= 4 is 11.4 Å². The molecule has 0 atom stereocenters. The van der Waals surface area contributed by atoms with Crippen molar-refractivity contribution in [3.63, 3.8) is 0 Å². The minimum atomic E-state index is -1.65. The van der Waals surface area contributed by atoms with E-state index >= 15 is 0 Å². The Balaban J connectivity index is 2.23. The minimum absolute atomic E-state index is 0.103. The van der Waals surface area contributed by atoms with Crippen LogP contribution in [0.25, 0.3) is 0 Å². The fourth-order valence-electron chi connectivity index (χ4n) is 1.70. The van der Waals surface area contributed by atoms with E-state index in [-0.39, 0.29) is 17.8 Å². The Hall–Kier alpha value is -2.64. The number of anilines is 1. The van der Waals surface area contributed by atoms with E-state index < -0.39 is 33.9 Å². The van der Waals surface area contributed by atoms with Crippen LogP contribution in [0, 0.1) is 33.4 Å². The lowest BCUT2D eigenvalue weighted by molar-refractivity contribution is -0.387. The maximum absolute atomic E-state index is 13.8. The maximum atomic E-state index is 13.8. The van der Waals surface area contributed by atoms with Gasteiger partial charge in [-0.3, -0.25) is 10.1 Å². The molecule has 21 heavy (non-hydrogen) atoms. The first-order valence-corrected chi connectivity index (χ1v) is 5.71. The van der Waals surface area contributed by atoms with Gasteiger partial charge in [-0.25, -0.2) is 13.2 Å². The number of hydrogen-bond donors (Lipinski definition) is 1. The van der Waals surface area contributed by atoms with Gasteiger partial charge < -0.3 is 5.32 Å². The number of hydrogen-bond acceptors (Lipinski definition) is 3. The lowest BCUT2D eigenvalue weighted by Gasteiger charge is -2.09. The summed E-state index contributed by atoms with van der Waals surface area (Å²) in [6.45, 7) is -0.324. The van der Waals surface area contributed by atoms with E-state index in [9.17, 15) is 27.7 Å². The van der Waals surface area contributed by atoms with Gasteiger partial charge in [0.2, 0.25) is 5.82 Å². The van der Waals surface area contributed by atoms with Gasteiger partial charge in [0.1, 0.15) is 0 Å². The molecule has 0 fully saturated rings. The standard InChI is InChI=1S/C13H8F4N2O2/c14-8-4-5-9(13(17)12(8)16)18-6-7-2-1-3-10(11(7)15)19(20)21/h1-5,18H,6H2. The van der Waals surface area contributed by atoms with Gasteiger partial charge in [-0.15, -0.1) is 0 Å². The number of nitro groups is 1. The van der Waals surface area contributed by atoms with Crippen molar-refractivity contribution in [2.75, 3.05) is 5.32 Å². The predicted octanol–water partition coefficient (Wildman–Crippen LogP) is 3.76. The molecule has 0 unspecified atom stereocenters. The van der Waals surface area contributed by atoms with Gasteiger partial charge in [-0.1, -0.05) is 12.1 Å². The van der Waals surface area contributed by atoms with Crippen molar-refractivity contribution in [2.24, 2.45) is 0 Å². The highest BCUT2D eigenvalue weighted by atomic mass is 19.2. The molecule has 2 aromatic rings. The number of nitrogens with one attached hydrogen (secondary N) is 1. The zero-order valence-electron chi connectivity index (χ0n) is 10.4. The molecule has 4 nitrogen and oxygen atoms in total. The van der Waals surface area contributed by atoms with Gasteiger partial charge in [0.05, 0.1) is 10.6 Å². The molecule has 2 aromatic carbocycles. The van der Waals surface area contributed by atoms with Crippen molar-refractivity contribution < 1.29 is 22.5 Å². The summed E-state index contributed by atoms with van der Waals surface area (Å²) in [5, 5.41) is 12.9. The highest BCUT2D eigenvalue weighted by Gasteiger charge is 2.18. The Morgan fingerprint density at radius 3 is 2.38 bits per heavy atom. The third-order valence-corrected chi connectivity index (χ3v) is 2.76. The molecule has 0 saturated heterocycles. The molecule has 0 radical (unpaired) electrons. The molecule has 110 valence electrons. The first kappa shape index (κ1) is 14.8. The van der Waals surface area contributed by atoms with Gasteiger partial charge in [0.15, 0.2) is 17.5 Å². The van der Waals surface area contributed by atoms with Crippen LogP contribution in [0.1, 0.15) is 5.56 Å². The van der Waals surface area contributed by atoms with E-state index in [1.165, 1.54) is 12.1 Å². The number of rotatable bonds is 4. The Labute approximate surface area is 116 Å². The monoisotopic (exact) mass is 300 g/mol. The first-order chi connectivity index (χ1) is 9.91. The number of benzene rings is 2. The summed E-state index contributed by atoms with van der Waals surface area (Å²) in [6, 6.07) is 5.16. The smallest absolute Gasteiger partial charge is 0.305 e. The van der Waals surface area contributed by atoms with E-state index in [0.717, 1.165) is 12.1 Å². The van der Waals surface area contributed by atoms with Crippen LogP contribution in [0.3, 0.4) is 0 Å². The molecule has 0 amide bonds. The van der Waals surface area contributed by atoms with Crippen molar-refractivity contribution in [2.45, 2.75) is 6.54 Å². The summed E-state index contributed by atoms with van der Waals surface area (Å²) in [5.74, 6) is -5.52. The van der Waals surface area contributed by atoms with Gasteiger partial charge >= 0.3 is 5.69 Å². The number of nitrogens with zero attached hydrogens (tertiary/aromatic N) is 1. The highest BCUT2D eigenvalue weighted by Crippen LogP contribution is 2.23. The molecule has 0 aliphatic rings. The van der Waals surface area contributed by atoms with Crippen LogP contribution < -0.4 is 5.32 Å². The molecule has 0 spiro atoms. The molecule has 0 saturated carbocycles. The molecule has 0 aliphatic carbocycles. The average molecular weight is 300 g/mol. The lowest BCUT2D eigenvalue weighted by Crippen LogP contribution is -2.06. The third kappa shape index (κ3) is 2.93. The zero-order chi connectivity index (χ0) is 15.6. The molecular weight excluding hydrogens is 292 g/mol. The van der Waals surface area contributed by atoms with Crippen LogP contribution in [0.2, 0.25) is 0 Å². The van der Waals surface area contributed by atoms with E-state index in [4.69, 9.17) is 0 Å². The summed E-state index contributed by atoms with van der Waals surface area (Å²) in [6.07, 6.45) is 0. The second-order valence-electron chi connectivity index (χ2n) is 4.08. The summed E-state index contributed by atoms with van der Waals surface area (Å²) in [4.78, 5) is 9.69. The third-order valence-electron chi connectivity index (χ3n) is 2.76. The van der Waals surface area contributed by atoms with Crippen molar-refractivity contribution in [3.05, 3.63) is 69.3 Å². The van der Waals surface area contributed by atoms with Crippen LogP contribution in [-0.2, 0) is 6.54 Å². The van der Waals surface area contributed by atoms with Crippen LogP contribution in [-0.4, -0.2) is 4.92 Å². The number of halogens is 4. The second kappa shape index (κ2) is 5.78. The lowest BCUT2D eigenvalue weighted by atomic mass is 10.1. The SMILES string of the molecule is O=[N+]([O-])c1cccc(CNc2ccc(F)c(F)c2F)c1F. The van der Waals surface area contributed by atoms with Crippen LogP contribution in [0.5, 0.6) is 0 Å². The van der Waals surface area contributed by atoms with Crippen molar-refractivity contribution in [3.8, 4) is 0 Å².